The molecule has 3 nitrogen and oxygen atoms in total. The monoisotopic (exact) mass is 434 g/mol. The van der Waals surface area contributed by atoms with Crippen molar-refractivity contribution in [1.29, 1.82) is 0 Å². The minimum Gasteiger partial charge on any atom is -0.282 e. The molecule has 2 aromatic carbocycles. The third-order valence-corrected chi connectivity index (χ3v) is 4.21. The third-order valence-electron chi connectivity index (χ3n) is 3.28. The Balaban J connectivity index is 3.39. The van der Waals surface area contributed by atoms with E-state index in [1.165, 1.54) is 0 Å². The lowest BCUT2D eigenvalue weighted by Crippen LogP contribution is -2.36. The third kappa shape index (κ3) is 2.88. The fourth-order valence-electron chi connectivity index (χ4n) is 2.18. The van der Waals surface area contributed by atoms with Crippen LogP contribution in [0.15, 0.2) is 4.90 Å². The van der Waals surface area contributed by atoms with Gasteiger partial charge in [0, 0.05) is 5.39 Å². The molecule has 0 aromatic heterocycles. The summed E-state index contributed by atoms with van der Waals surface area (Å²) in [5.41, 5.74) is -3.47. The second-order valence-electron chi connectivity index (χ2n) is 4.89. The molecule has 0 bridgehead atoms. The van der Waals surface area contributed by atoms with Crippen molar-refractivity contribution >= 4 is 20.9 Å². The van der Waals surface area contributed by atoms with Crippen LogP contribution >= 0.6 is 0 Å². The van der Waals surface area contributed by atoms with Crippen LogP contribution in [-0.2, 0) is 16.0 Å². The zero-order valence-electron chi connectivity index (χ0n) is 11.8. The molecule has 27 heavy (non-hydrogen) atoms. The predicted molar refractivity (Wildman–Crippen MR) is 63.5 cm³/mol. The van der Waals surface area contributed by atoms with Crippen molar-refractivity contribution in [2.75, 3.05) is 0 Å². The van der Waals surface area contributed by atoms with Gasteiger partial charge in [0.2, 0.25) is 0 Å². The maximum Gasteiger partial charge on any atom is 0.458 e. The smallest absolute Gasteiger partial charge is 0.282 e. The Bertz CT molecular complexity index is 1070. The van der Waals surface area contributed by atoms with Crippen LogP contribution in [0.3, 0.4) is 0 Å². The minimum absolute atomic E-state index is 2.45. The van der Waals surface area contributed by atoms with Gasteiger partial charge in [-0.1, -0.05) is 0 Å². The van der Waals surface area contributed by atoms with Crippen molar-refractivity contribution < 1.29 is 61.3 Å². The molecule has 1 N–H and O–H groups in total. The predicted octanol–water partition coefficient (Wildman–Crippen LogP) is 4.58. The summed E-state index contributed by atoms with van der Waals surface area (Å²) in [4.78, 5) is -3.02. The lowest BCUT2D eigenvalue weighted by molar-refractivity contribution is -0.291. The van der Waals surface area contributed by atoms with E-state index in [1.807, 2.05) is 0 Å². The van der Waals surface area contributed by atoms with E-state index < -0.39 is 78.4 Å². The number of fused-ring (bicyclic) bond motifs is 1. The summed E-state index contributed by atoms with van der Waals surface area (Å²) >= 11 is 0. The van der Waals surface area contributed by atoms with Gasteiger partial charge >= 0.3 is 12.1 Å². The highest BCUT2D eigenvalue weighted by atomic mass is 32.2. The van der Waals surface area contributed by atoms with E-state index in [2.05, 4.69) is 0 Å². The molecule has 0 aliphatic carbocycles. The van der Waals surface area contributed by atoms with Crippen LogP contribution < -0.4 is 0 Å². The highest BCUT2D eigenvalue weighted by Gasteiger charge is 2.62. The standard InChI is InChI=1S/C12HF11O3S/c13-4-1-2(6(15)9(18)8(17)5(1)14)10(27(24,25)26)3(7(4)16)11(19,20)12(21,22)23/h(H,24,25,26). The largest absolute Gasteiger partial charge is 0.458 e. The topological polar surface area (TPSA) is 54.4 Å². The highest BCUT2D eigenvalue weighted by Crippen LogP contribution is 2.50. The molecule has 2 aromatic rings. The van der Waals surface area contributed by atoms with E-state index in [9.17, 15) is 56.7 Å². The molecule has 0 atom stereocenters. The average molecular weight is 434 g/mol. The van der Waals surface area contributed by atoms with Crippen LogP contribution in [0.25, 0.3) is 10.8 Å². The Morgan fingerprint density at radius 3 is 1.37 bits per heavy atom. The van der Waals surface area contributed by atoms with Gasteiger partial charge in [-0.2, -0.15) is 30.4 Å². The summed E-state index contributed by atoms with van der Waals surface area (Å²) in [6.07, 6.45) is -6.82. The summed E-state index contributed by atoms with van der Waals surface area (Å²) in [5, 5.41) is -5.02. The van der Waals surface area contributed by atoms with E-state index in [4.69, 9.17) is 4.55 Å². The Morgan fingerprint density at radius 1 is 0.630 bits per heavy atom. The van der Waals surface area contributed by atoms with Crippen LogP contribution in [0.4, 0.5) is 48.3 Å². The van der Waals surface area contributed by atoms with E-state index in [0.29, 0.717) is 0 Å². The number of alkyl halides is 5. The van der Waals surface area contributed by atoms with Gasteiger partial charge in [-0.15, -0.1) is 0 Å². The molecule has 0 heterocycles. The first kappa shape index (κ1) is 21.1. The highest BCUT2D eigenvalue weighted by molar-refractivity contribution is 7.86. The lowest BCUT2D eigenvalue weighted by atomic mass is 9.99. The molecular weight excluding hydrogens is 433 g/mol. The maximum absolute atomic E-state index is 13.9. The summed E-state index contributed by atoms with van der Waals surface area (Å²) in [7, 11) is -6.49. The zero-order valence-corrected chi connectivity index (χ0v) is 12.6. The van der Waals surface area contributed by atoms with Crippen LogP contribution in [-0.4, -0.2) is 19.1 Å². The molecule has 150 valence electrons. The summed E-state index contributed by atoms with van der Waals surface area (Å²) in [6.45, 7) is 0. The molecule has 0 saturated heterocycles. The second kappa shape index (κ2) is 5.92. The van der Waals surface area contributed by atoms with Crippen molar-refractivity contribution in [2.24, 2.45) is 0 Å². The molecule has 0 radical (unpaired) electrons. The minimum atomic E-state index is -6.82. The first-order valence-electron chi connectivity index (χ1n) is 6.05. The van der Waals surface area contributed by atoms with E-state index in [1.54, 1.807) is 0 Å². The van der Waals surface area contributed by atoms with Crippen LogP contribution in [0.5, 0.6) is 0 Å². The normalized spacial score (nSPS) is 13.5. The lowest BCUT2D eigenvalue weighted by Gasteiger charge is -2.23. The van der Waals surface area contributed by atoms with Gasteiger partial charge in [0.25, 0.3) is 10.1 Å². The molecule has 0 spiro atoms. The molecule has 0 saturated carbocycles. The number of rotatable bonds is 2. The van der Waals surface area contributed by atoms with E-state index in [-0.39, 0.29) is 0 Å². The molecule has 15 heteroatoms. The quantitative estimate of drug-likeness (QED) is 0.326. The maximum atomic E-state index is 13.9. The van der Waals surface area contributed by atoms with Crippen molar-refractivity contribution in [2.45, 2.75) is 17.0 Å². The van der Waals surface area contributed by atoms with Gasteiger partial charge in [0.15, 0.2) is 34.9 Å². The van der Waals surface area contributed by atoms with Crippen LogP contribution in [0, 0.1) is 34.9 Å². The van der Waals surface area contributed by atoms with E-state index >= 15 is 0 Å². The fourth-order valence-corrected chi connectivity index (χ4v) is 3.10. The second-order valence-corrected chi connectivity index (χ2v) is 6.24. The molecule has 0 fully saturated rings. The van der Waals surface area contributed by atoms with E-state index in [0.717, 1.165) is 0 Å². The average Bonchev–Trinajstić information content (AvgIpc) is 2.50. The van der Waals surface area contributed by atoms with Gasteiger partial charge in [0.05, 0.1) is 10.9 Å². The fraction of sp³-hybridized carbons (Fsp3) is 0.167. The van der Waals surface area contributed by atoms with Crippen LogP contribution in [0.2, 0.25) is 0 Å². The summed E-state index contributed by atoms with van der Waals surface area (Å²) in [6, 6.07) is 0. The Hall–Kier alpha value is -2.16. The van der Waals surface area contributed by atoms with Crippen molar-refractivity contribution in [3.8, 4) is 0 Å². The Kier molecular flexibility index (Phi) is 4.63. The summed E-state index contributed by atoms with van der Waals surface area (Å²) < 4.78 is 178. The first-order valence-corrected chi connectivity index (χ1v) is 7.49. The summed E-state index contributed by atoms with van der Waals surface area (Å²) in [5.74, 6) is -24.6. The number of hydrogen-bond donors (Lipinski definition) is 1. The van der Waals surface area contributed by atoms with Crippen LogP contribution in [0.1, 0.15) is 5.56 Å². The first-order chi connectivity index (χ1) is 12.0. The van der Waals surface area contributed by atoms with Crippen molar-refractivity contribution in [3.05, 3.63) is 40.5 Å². The van der Waals surface area contributed by atoms with Gasteiger partial charge in [-0.3, -0.25) is 4.55 Å². The van der Waals surface area contributed by atoms with Gasteiger partial charge in [-0.25, -0.2) is 26.3 Å². The van der Waals surface area contributed by atoms with Gasteiger partial charge < -0.3 is 0 Å². The number of benzene rings is 2. The molecule has 0 amide bonds. The molecule has 2 rings (SSSR count). The number of hydrogen-bond acceptors (Lipinski definition) is 2. The molecule has 0 unspecified atom stereocenters. The Morgan fingerprint density at radius 2 is 1.00 bits per heavy atom. The number of halogens is 11. The van der Waals surface area contributed by atoms with Crippen molar-refractivity contribution in [3.63, 3.8) is 0 Å². The van der Waals surface area contributed by atoms with Gasteiger partial charge in [-0.05, 0) is 0 Å². The molecular formula is C12HF11O3S. The SMILES string of the molecule is O=S(=O)(O)c1c(C(F)(F)C(F)(F)F)c(F)c(F)c2c(F)c(F)c(F)c(F)c12. The molecule has 0 aliphatic rings. The van der Waals surface area contributed by atoms with Gasteiger partial charge in [0.1, 0.15) is 4.90 Å². The van der Waals surface area contributed by atoms with Crippen molar-refractivity contribution in [1.82, 2.24) is 0 Å². The zero-order chi connectivity index (χ0) is 21.3. The molecule has 0 aliphatic heterocycles. The Labute approximate surface area is 140 Å².